The second-order valence-electron chi connectivity index (χ2n) is 4.32. The van der Waals surface area contributed by atoms with Crippen molar-refractivity contribution in [2.45, 2.75) is 25.2 Å². The van der Waals surface area contributed by atoms with Gasteiger partial charge in [0.2, 0.25) is 0 Å². The summed E-state index contributed by atoms with van der Waals surface area (Å²) in [7, 11) is 0. The van der Waals surface area contributed by atoms with Gasteiger partial charge < -0.3 is 10.2 Å². The number of aliphatic hydroxyl groups excluding tert-OH is 2. The SMILES string of the molecule is O[C@@H]1C[C@@H](O)CN(Cc2c(Cl)cncc2Cl)C1. The van der Waals surface area contributed by atoms with Crippen molar-refractivity contribution in [3.05, 3.63) is 28.0 Å². The summed E-state index contributed by atoms with van der Waals surface area (Å²) in [6.45, 7) is 1.55. The van der Waals surface area contributed by atoms with Crippen LogP contribution in [0.15, 0.2) is 12.4 Å². The molecular weight excluding hydrogens is 263 g/mol. The molecule has 6 heteroatoms. The van der Waals surface area contributed by atoms with E-state index in [0.717, 1.165) is 5.56 Å². The summed E-state index contributed by atoms with van der Waals surface area (Å²) in [6.07, 6.45) is 2.50. The Morgan fingerprint density at radius 1 is 1.18 bits per heavy atom. The Morgan fingerprint density at radius 3 is 2.24 bits per heavy atom. The third-order valence-electron chi connectivity index (χ3n) is 2.82. The molecule has 0 radical (unpaired) electrons. The molecule has 1 fully saturated rings. The average Bonchev–Trinajstić information content (AvgIpc) is 2.22. The van der Waals surface area contributed by atoms with Crippen molar-refractivity contribution in [1.29, 1.82) is 0 Å². The van der Waals surface area contributed by atoms with Crippen LogP contribution in [0.5, 0.6) is 0 Å². The molecule has 0 aliphatic carbocycles. The standard InChI is InChI=1S/C11H14Cl2N2O2/c12-10-2-14-3-11(13)9(10)6-15-4-7(16)1-8(17)5-15/h2-3,7-8,16-17H,1,4-6H2/t7-,8-/m1/s1. The van der Waals surface area contributed by atoms with E-state index in [0.29, 0.717) is 36.1 Å². The lowest BCUT2D eigenvalue weighted by Gasteiger charge is -2.33. The van der Waals surface area contributed by atoms with Crippen molar-refractivity contribution in [3.8, 4) is 0 Å². The predicted molar refractivity (Wildman–Crippen MR) is 66.2 cm³/mol. The largest absolute Gasteiger partial charge is 0.392 e. The number of aliphatic hydroxyl groups is 2. The molecule has 1 saturated heterocycles. The maximum absolute atomic E-state index is 9.59. The summed E-state index contributed by atoms with van der Waals surface area (Å²) < 4.78 is 0. The maximum Gasteiger partial charge on any atom is 0.0692 e. The third-order valence-corrected chi connectivity index (χ3v) is 3.47. The Bertz CT molecular complexity index is 373. The quantitative estimate of drug-likeness (QED) is 0.856. The highest BCUT2D eigenvalue weighted by Crippen LogP contribution is 2.25. The molecule has 1 aliphatic rings. The lowest BCUT2D eigenvalue weighted by Crippen LogP contribution is -2.45. The minimum absolute atomic E-state index is 0.425. The Balaban J connectivity index is 2.10. The van der Waals surface area contributed by atoms with Crippen molar-refractivity contribution in [1.82, 2.24) is 9.88 Å². The highest BCUT2D eigenvalue weighted by atomic mass is 35.5. The van der Waals surface area contributed by atoms with Crippen LogP contribution in [-0.4, -0.2) is 45.4 Å². The van der Waals surface area contributed by atoms with E-state index in [-0.39, 0.29) is 0 Å². The van der Waals surface area contributed by atoms with Gasteiger partial charge in [-0.05, 0) is 0 Å². The number of pyridine rings is 1. The Morgan fingerprint density at radius 2 is 1.71 bits per heavy atom. The minimum Gasteiger partial charge on any atom is -0.392 e. The van der Waals surface area contributed by atoms with Gasteiger partial charge in [0, 0.05) is 44.0 Å². The van der Waals surface area contributed by atoms with Crippen LogP contribution in [0.2, 0.25) is 10.0 Å². The first-order valence-corrected chi connectivity index (χ1v) is 6.18. The van der Waals surface area contributed by atoms with Crippen molar-refractivity contribution >= 4 is 23.2 Å². The van der Waals surface area contributed by atoms with E-state index >= 15 is 0 Å². The number of β-amino-alcohol motifs (C(OH)–C–C–N with tert-alkyl or cyclic N) is 2. The van der Waals surface area contributed by atoms with E-state index in [9.17, 15) is 10.2 Å². The fourth-order valence-corrected chi connectivity index (χ4v) is 2.56. The molecule has 17 heavy (non-hydrogen) atoms. The second kappa shape index (κ2) is 5.50. The van der Waals surface area contributed by atoms with Gasteiger partial charge in [-0.25, -0.2) is 0 Å². The first-order valence-electron chi connectivity index (χ1n) is 5.42. The number of hydrogen-bond donors (Lipinski definition) is 2. The number of nitrogens with zero attached hydrogens (tertiary/aromatic N) is 2. The molecule has 1 aromatic heterocycles. The van der Waals surface area contributed by atoms with Gasteiger partial charge in [-0.1, -0.05) is 23.2 Å². The molecule has 1 aromatic rings. The minimum atomic E-state index is -0.502. The first kappa shape index (κ1) is 13.1. The molecule has 0 aromatic carbocycles. The number of aromatic nitrogens is 1. The van der Waals surface area contributed by atoms with E-state index in [2.05, 4.69) is 4.98 Å². The molecule has 0 saturated carbocycles. The van der Waals surface area contributed by atoms with Gasteiger partial charge in [0.1, 0.15) is 0 Å². The van der Waals surface area contributed by atoms with Gasteiger partial charge in [-0.2, -0.15) is 0 Å². The molecule has 2 atom stereocenters. The van der Waals surface area contributed by atoms with Crippen molar-refractivity contribution in [2.24, 2.45) is 0 Å². The van der Waals surface area contributed by atoms with Crippen molar-refractivity contribution in [2.75, 3.05) is 13.1 Å². The van der Waals surface area contributed by atoms with Crippen LogP contribution in [0.25, 0.3) is 0 Å². The van der Waals surface area contributed by atoms with Gasteiger partial charge >= 0.3 is 0 Å². The van der Waals surface area contributed by atoms with Gasteiger partial charge in [0.05, 0.1) is 22.3 Å². The average molecular weight is 277 g/mol. The fraction of sp³-hybridized carbons (Fsp3) is 0.545. The lowest BCUT2D eigenvalue weighted by molar-refractivity contribution is -0.0110. The molecule has 0 unspecified atom stereocenters. The van der Waals surface area contributed by atoms with E-state index in [1.54, 1.807) is 12.4 Å². The number of rotatable bonds is 2. The zero-order chi connectivity index (χ0) is 12.4. The number of hydrogen-bond acceptors (Lipinski definition) is 4. The monoisotopic (exact) mass is 276 g/mol. The molecule has 2 rings (SSSR count). The summed E-state index contributed by atoms with van der Waals surface area (Å²) in [5.74, 6) is 0. The number of halogens is 2. The maximum atomic E-state index is 9.59. The van der Waals surface area contributed by atoms with Crippen LogP contribution in [0.3, 0.4) is 0 Å². The van der Waals surface area contributed by atoms with Crippen molar-refractivity contribution in [3.63, 3.8) is 0 Å². The smallest absolute Gasteiger partial charge is 0.0692 e. The van der Waals surface area contributed by atoms with Gasteiger partial charge in [0.15, 0.2) is 0 Å². The summed E-state index contributed by atoms with van der Waals surface area (Å²) >= 11 is 12.0. The van der Waals surface area contributed by atoms with Gasteiger partial charge in [-0.15, -0.1) is 0 Å². The van der Waals surface area contributed by atoms with E-state index in [1.165, 1.54) is 0 Å². The molecule has 2 N–H and O–H groups in total. The molecule has 94 valence electrons. The highest BCUT2D eigenvalue weighted by molar-refractivity contribution is 6.35. The van der Waals surface area contributed by atoms with Crippen LogP contribution in [0, 0.1) is 0 Å². The Hall–Kier alpha value is -0.390. The first-order chi connectivity index (χ1) is 8.06. The number of piperidine rings is 1. The van der Waals surface area contributed by atoms with E-state index in [4.69, 9.17) is 23.2 Å². The third kappa shape index (κ3) is 3.30. The fourth-order valence-electron chi connectivity index (χ4n) is 2.08. The van der Waals surface area contributed by atoms with Crippen LogP contribution in [-0.2, 0) is 6.54 Å². The van der Waals surface area contributed by atoms with E-state index in [1.807, 2.05) is 4.90 Å². The lowest BCUT2D eigenvalue weighted by atomic mass is 10.1. The Labute approximate surface area is 110 Å². The normalized spacial score (nSPS) is 26.1. The predicted octanol–water partition coefficient (Wildman–Crippen LogP) is 1.32. The molecular formula is C11H14Cl2N2O2. The van der Waals surface area contributed by atoms with Crippen LogP contribution in [0.4, 0.5) is 0 Å². The van der Waals surface area contributed by atoms with E-state index < -0.39 is 12.2 Å². The second-order valence-corrected chi connectivity index (χ2v) is 5.13. The zero-order valence-electron chi connectivity index (χ0n) is 9.18. The van der Waals surface area contributed by atoms with Crippen LogP contribution >= 0.6 is 23.2 Å². The van der Waals surface area contributed by atoms with Crippen LogP contribution < -0.4 is 0 Å². The molecule has 4 nitrogen and oxygen atoms in total. The van der Waals surface area contributed by atoms with Gasteiger partial charge in [0.25, 0.3) is 0 Å². The molecule has 1 aliphatic heterocycles. The van der Waals surface area contributed by atoms with Gasteiger partial charge in [-0.3, -0.25) is 9.88 Å². The summed E-state index contributed by atoms with van der Waals surface area (Å²) in [6, 6.07) is 0. The zero-order valence-corrected chi connectivity index (χ0v) is 10.7. The molecule has 0 bridgehead atoms. The molecule has 0 spiro atoms. The van der Waals surface area contributed by atoms with Crippen LogP contribution in [0.1, 0.15) is 12.0 Å². The summed E-state index contributed by atoms with van der Waals surface area (Å²) in [5, 5.41) is 20.2. The summed E-state index contributed by atoms with van der Waals surface area (Å²) in [4.78, 5) is 5.82. The molecule has 2 heterocycles. The van der Waals surface area contributed by atoms with Crippen molar-refractivity contribution < 1.29 is 10.2 Å². The summed E-state index contributed by atoms with van der Waals surface area (Å²) in [5.41, 5.74) is 0.782. The molecule has 0 amide bonds. The highest BCUT2D eigenvalue weighted by Gasteiger charge is 2.25. The Kier molecular flexibility index (Phi) is 4.22. The topological polar surface area (TPSA) is 56.6 Å². The number of likely N-dealkylation sites (tertiary alicyclic amines) is 1.